The second-order valence-corrected chi connectivity index (χ2v) is 4.27. The molecule has 52 valence electrons. The molecule has 0 bridgehead atoms. The standard InChI is InChI=1S/C6H10INO/c7-5-3-9-6(5)1-2-8-4-6/h5,8H,1-4H2. The summed E-state index contributed by atoms with van der Waals surface area (Å²) in [6.45, 7) is 3.17. The summed E-state index contributed by atoms with van der Waals surface area (Å²) in [7, 11) is 0. The van der Waals surface area contributed by atoms with E-state index in [0.717, 1.165) is 23.6 Å². The molecule has 2 atom stereocenters. The van der Waals surface area contributed by atoms with E-state index in [9.17, 15) is 0 Å². The average Bonchev–Trinajstić information content (AvgIpc) is 2.34. The molecular formula is C6H10INO. The lowest BCUT2D eigenvalue weighted by Gasteiger charge is -2.43. The van der Waals surface area contributed by atoms with Crippen molar-refractivity contribution in [1.29, 1.82) is 0 Å². The van der Waals surface area contributed by atoms with Gasteiger partial charge >= 0.3 is 0 Å². The lowest BCUT2D eigenvalue weighted by molar-refractivity contribution is -0.117. The fourth-order valence-electron chi connectivity index (χ4n) is 1.46. The van der Waals surface area contributed by atoms with Gasteiger partial charge in [0.1, 0.15) is 0 Å². The molecule has 2 nitrogen and oxygen atoms in total. The Balaban J connectivity index is 2.06. The van der Waals surface area contributed by atoms with Crippen molar-refractivity contribution in [3.63, 3.8) is 0 Å². The van der Waals surface area contributed by atoms with E-state index in [4.69, 9.17) is 4.74 Å². The number of halogens is 1. The molecule has 2 aliphatic rings. The lowest BCUT2D eigenvalue weighted by atomic mass is 9.94. The van der Waals surface area contributed by atoms with Crippen LogP contribution in [-0.4, -0.2) is 29.2 Å². The molecule has 2 aliphatic heterocycles. The Hall–Kier alpha value is 0.650. The van der Waals surface area contributed by atoms with Crippen molar-refractivity contribution in [3.05, 3.63) is 0 Å². The van der Waals surface area contributed by atoms with Gasteiger partial charge in [-0.15, -0.1) is 0 Å². The van der Waals surface area contributed by atoms with Crippen LogP contribution in [0.5, 0.6) is 0 Å². The Morgan fingerprint density at radius 1 is 1.67 bits per heavy atom. The topological polar surface area (TPSA) is 21.3 Å². The molecule has 2 saturated heterocycles. The molecule has 0 aromatic heterocycles. The van der Waals surface area contributed by atoms with Crippen LogP contribution in [0, 0.1) is 0 Å². The van der Waals surface area contributed by atoms with E-state index in [1.165, 1.54) is 6.42 Å². The highest BCUT2D eigenvalue weighted by Gasteiger charge is 2.48. The van der Waals surface area contributed by atoms with Gasteiger partial charge in [-0.05, 0) is 13.0 Å². The van der Waals surface area contributed by atoms with Crippen LogP contribution < -0.4 is 5.32 Å². The normalized spacial score (nSPS) is 49.7. The van der Waals surface area contributed by atoms with Crippen LogP contribution in [0.2, 0.25) is 0 Å². The summed E-state index contributed by atoms with van der Waals surface area (Å²) in [5.74, 6) is 0. The minimum absolute atomic E-state index is 0.251. The number of nitrogens with one attached hydrogen (secondary N) is 1. The molecule has 0 aromatic rings. The molecule has 0 amide bonds. The third-order valence-corrected chi connectivity index (χ3v) is 3.73. The molecule has 0 aromatic carbocycles. The molecule has 1 N–H and O–H groups in total. The average molecular weight is 239 g/mol. The molecule has 0 radical (unpaired) electrons. The SMILES string of the molecule is IC1COC12CCNC2. The highest BCUT2D eigenvalue weighted by molar-refractivity contribution is 14.1. The quantitative estimate of drug-likeness (QED) is 0.492. The van der Waals surface area contributed by atoms with Crippen LogP contribution in [-0.2, 0) is 4.74 Å². The number of ether oxygens (including phenoxy) is 1. The second-order valence-electron chi connectivity index (χ2n) is 2.77. The van der Waals surface area contributed by atoms with Gasteiger partial charge < -0.3 is 10.1 Å². The first-order chi connectivity index (χ1) is 4.33. The fraction of sp³-hybridized carbons (Fsp3) is 1.00. The van der Waals surface area contributed by atoms with Gasteiger partial charge in [0.2, 0.25) is 0 Å². The van der Waals surface area contributed by atoms with Crippen molar-refractivity contribution in [1.82, 2.24) is 5.32 Å². The van der Waals surface area contributed by atoms with E-state index in [1.807, 2.05) is 0 Å². The summed E-state index contributed by atoms with van der Waals surface area (Å²) < 4.78 is 6.28. The van der Waals surface area contributed by atoms with Crippen LogP contribution in [0.3, 0.4) is 0 Å². The van der Waals surface area contributed by atoms with E-state index in [-0.39, 0.29) is 5.60 Å². The Bertz CT molecular complexity index is 122. The van der Waals surface area contributed by atoms with Gasteiger partial charge in [0.25, 0.3) is 0 Å². The van der Waals surface area contributed by atoms with E-state index < -0.39 is 0 Å². The molecule has 2 heterocycles. The summed E-state index contributed by atoms with van der Waals surface area (Å²) in [5.41, 5.74) is 0.251. The molecule has 1 spiro atoms. The highest BCUT2D eigenvalue weighted by Crippen LogP contribution is 2.37. The molecule has 9 heavy (non-hydrogen) atoms. The van der Waals surface area contributed by atoms with Crippen LogP contribution in [0.15, 0.2) is 0 Å². The zero-order chi connectivity index (χ0) is 6.32. The Kier molecular flexibility index (Phi) is 1.46. The predicted molar refractivity (Wildman–Crippen MR) is 44.0 cm³/mol. The fourth-order valence-corrected chi connectivity index (χ4v) is 2.35. The van der Waals surface area contributed by atoms with E-state index >= 15 is 0 Å². The monoisotopic (exact) mass is 239 g/mol. The van der Waals surface area contributed by atoms with Crippen LogP contribution in [0.4, 0.5) is 0 Å². The Morgan fingerprint density at radius 2 is 2.56 bits per heavy atom. The minimum atomic E-state index is 0.251. The van der Waals surface area contributed by atoms with Gasteiger partial charge in [0.15, 0.2) is 0 Å². The lowest BCUT2D eigenvalue weighted by Crippen LogP contribution is -2.55. The maximum atomic E-state index is 5.52. The summed E-state index contributed by atoms with van der Waals surface area (Å²) in [6, 6.07) is 0. The van der Waals surface area contributed by atoms with Gasteiger partial charge in [-0.1, -0.05) is 22.6 Å². The summed E-state index contributed by atoms with van der Waals surface area (Å²) in [6.07, 6.45) is 1.21. The number of hydrogen-bond donors (Lipinski definition) is 1. The molecule has 0 aliphatic carbocycles. The molecular weight excluding hydrogens is 229 g/mol. The largest absolute Gasteiger partial charge is 0.371 e. The van der Waals surface area contributed by atoms with Gasteiger partial charge in [0.05, 0.1) is 16.1 Å². The molecule has 3 heteroatoms. The maximum Gasteiger partial charge on any atom is 0.0957 e. The third-order valence-electron chi connectivity index (χ3n) is 2.24. The van der Waals surface area contributed by atoms with Crippen molar-refractivity contribution in [2.24, 2.45) is 0 Å². The van der Waals surface area contributed by atoms with Gasteiger partial charge in [0, 0.05) is 6.54 Å². The first kappa shape index (κ1) is 6.37. The summed E-state index contributed by atoms with van der Waals surface area (Å²) in [4.78, 5) is 0. The zero-order valence-corrected chi connectivity index (χ0v) is 7.35. The number of hydrogen-bond acceptors (Lipinski definition) is 2. The molecule has 0 saturated carbocycles. The first-order valence-corrected chi connectivity index (χ1v) is 4.57. The van der Waals surface area contributed by atoms with Crippen LogP contribution in [0.1, 0.15) is 6.42 Å². The summed E-state index contributed by atoms with van der Waals surface area (Å²) >= 11 is 2.48. The Labute approximate surface area is 68.5 Å². The van der Waals surface area contributed by atoms with Gasteiger partial charge in [-0.2, -0.15) is 0 Å². The highest BCUT2D eigenvalue weighted by atomic mass is 127. The van der Waals surface area contributed by atoms with Gasteiger partial charge in [-0.25, -0.2) is 0 Å². The smallest absolute Gasteiger partial charge is 0.0957 e. The van der Waals surface area contributed by atoms with E-state index in [1.54, 1.807) is 0 Å². The van der Waals surface area contributed by atoms with Crippen molar-refractivity contribution in [2.45, 2.75) is 15.9 Å². The van der Waals surface area contributed by atoms with Crippen molar-refractivity contribution in [2.75, 3.05) is 19.7 Å². The summed E-state index contributed by atoms with van der Waals surface area (Å²) in [5, 5.41) is 3.32. The van der Waals surface area contributed by atoms with E-state index in [0.29, 0.717) is 0 Å². The van der Waals surface area contributed by atoms with Crippen molar-refractivity contribution < 1.29 is 4.74 Å². The second kappa shape index (κ2) is 2.07. The van der Waals surface area contributed by atoms with Crippen molar-refractivity contribution >= 4 is 22.6 Å². The maximum absolute atomic E-state index is 5.52. The van der Waals surface area contributed by atoms with Crippen LogP contribution in [0.25, 0.3) is 0 Å². The predicted octanol–water partition coefficient (Wildman–Crippen LogP) is 0.552. The molecule has 2 unspecified atom stereocenters. The van der Waals surface area contributed by atoms with Crippen molar-refractivity contribution in [3.8, 4) is 0 Å². The zero-order valence-electron chi connectivity index (χ0n) is 5.19. The number of rotatable bonds is 0. The third kappa shape index (κ3) is 0.816. The molecule has 2 rings (SSSR count). The van der Waals surface area contributed by atoms with Gasteiger partial charge in [-0.3, -0.25) is 0 Å². The number of alkyl halides is 1. The van der Waals surface area contributed by atoms with Crippen LogP contribution >= 0.6 is 22.6 Å². The molecule has 2 fully saturated rings. The minimum Gasteiger partial charge on any atom is -0.371 e. The first-order valence-electron chi connectivity index (χ1n) is 3.32. The Morgan fingerprint density at radius 3 is 2.78 bits per heavy atom. The van der Waals surface area contributed by atoms with E-state index in [2.05, 4.69) is 27.9 Å².